The average Bonchev–Trinajstić information content (AvgIpc) is 3.19. The Hall–Kier alpha value is -1.82. The molecule has 8 unspecified atom stereocenters. The summed E-state index contributed by atoms with van der Waals surface area (Å²) in [5.41, 5.74) is 16.9. The molecule has 42 heavy (non-hydrogen) atoms. The molecule has 2 aliphatic heterocycles. The molecule has 246 valence electrons. The number of amides is 1. The maximum Gasteiger partial charge on any atom is 0.249 e. The molecule has 0 aromatic rings. The number of carbonyl (C=O) groups excluding carboxylic acids is 1. The highest BCUT2D eigenvalue weighted by molar-refractivity contribution is 5.80. The van der Waals surface area contributed by atoms with Crippen LogP contribution in [0.5, 0.6) is 0 Å². The zero-order valence-electron chi connectivity index (χ0n) is 23.5. The topological polar surface area (TPSA) is 334 Å². The summed E-state index contributed by atoms with van der Waals surface area (Å²) in [5, 5.41) is 86.0. The van der Waals surface area contributed by atoms with Crippen LogP contribution in [0.4, 0.5) is 0 Å². The Morgan fingerprint density at radius 2 is 1.74 bits per heavy atom. The summed E-state index contributed by atoms with van der Waals surface area (Å²) in [6.07, 6.45) is -15.6. The molecule has 0 aromatic carbocycles. The van der Waals surface area contributed by atoms with Crippen molar-refractivity contribution in [2.24, 2.45) is 17.2 Å². The first kappa shape index (κ1) is 36.4. The minimum absolute atomic E-state index is 0.0219. The van der Waals surface area contributed by atoms with Crippen LogP contribution in [0.15, 0.2) is 0 Å². The molecule has 2 saturated heterocycles. The number of ether oxygens (including phenoxy) is 4. The predicted molar refractivity (Wildman–Crippen MR) is 143 cm³/mol. The van der Waals surface area contributed by atoms with Gasteiger partial charge in [0.1, 0.15) is 36.7 Å². The quantitative estimate of drug-likeness (QED) is 0.0567. The van der Waals surface area contributed by atoms with Gasteiger partial charge >= 0.3 is 0 Å². The van der Waals surface area contributed by atoms with E-state index in [9.17, 15) is 40.5 Å². The molecule has 2 fully saturated rings. The third kappa shape index (κ3) is 10.4. The fourth-order valence-corrected chi connectivity index (χ4v) is 4.35. The first-order chi connectivity index (χ1) is 19.7. The maximum absolute atomic E-state index is 12.5. The highest BCUT2D eigenvalue weighted by atomic mass is 16.7. The van der Waals surface area contributed by atoms with Gasteiger partial charge in [0, 0.05) is 12.6 Å². The van der Waals surface area contributed by atoms with Gasteiger partial charge in [0.25, 0.3) is 0 Å². The number of aliphatic hydroxyl groups excluding tert-OH is 7. The van der Waals surface area contributed by atoms with Crippen LogP contribution in [0, 0.1) is 5.41 Å². The first-order valence-corrected chi connectivity index (χ1v) is 13.6. The van der Waals surface area contributed by atoms with E-state index in [1.165, 1.54) is 13.8 Å². The summed E-state index contributed by atoms with van der Waals surface area (Å²) in [6, 6.07) is -2.05. The van der Waals surface area contributed by atoms with Crippen LogP contribution in [0.25, 0.3) is 0 Å². The molecule has 1 amide bonds. The molecule has 0 spiro atoms. The van der Waals surface area contributed by atoms with Crippen LogP contribution in [0.3, 0.4) is 0 Å². The van der Waals surface area contributed by atoms with Crippen molar-refractivity contribution in [1.82, 2.24) is 16.0 Å². The number of nitrogens with one attached hydrogen (secondary N) is 4. The van der Waals surface area contributed by atoms with E-state index in [4.69, 9.17) is 41.6 Å². The van der Waals surface area contributed by atoms with E-state index in [1.807, 2.05) is 0 Å². The number of morpholine rings is 1. The molecule has 19 heteroatoms. The van der Waals surface area contributed by atoms with Gasteiger partial charge in [-0.2, -0.15) is 0 Å². The molecular weight excluding hydrogens is 566 g/mol. The molecule has 0 aromatic heterocycles. The van der Waals surface area contributed by atoms with Crippen molar-refractivity contribution in [2.75, 3.05) is 19.7 Å². The first-order valence-electron chi connectivity index (χ1n) is 13.6. The summed E-state index contributed by atoms with van der Waals surface area (Å²) >= 11 is 0. The highest BCUT2D eigenvalue weighted by Gasteiger charge is 2.44. The maximum atomic E-state index is 12.5. The van der Waals surface area contributed by atoms with Gasteiger partial charge in [0.15, 0.2) is 24.8 Å². The SMILES string of the molecule is C[C@H](OC1OC([C@@H](C)O)[C@@H](O)N[C@H]1O)C(N)C[C@H](NC(=O)C(O)CCN)[C@@H](O)COC1OC(CNC(=N)N)C(O)C1O. The monoisotopic (exact) mass is 613 g/mol. The van der Waals surface area contributed by atoms with Crippen LogP contribution in [0.1, 0.15) is 26.7 Å². The third-order valence-electron chi connectivity index (χ3n) is 6.93. The molecule has 0 saturated carbocycles. The van der Waals surface area contributed by atoms with Gasteiger partial charge in [-0.25, -0.2) is 0 Å². The molecule has 2 aliphatic rings. The Kier molecular flexibility index (Phi) is 14.6. The van der Waals surface area contributed by atoms with E-state index in [0.29, 0.717) is 0 Å². The van der Waals surface area contributed by atoms with Gasteiger partial charge in [0.2, 0.25) is 5.91 Å². The second-order valence-corrected chi connectivity index (χ2v) is 10.4. The van der Waals surface area contributed by atoms with Crippen LogP contribution in [0.2, 0.25) is 0 Å². The molecule has 0 radical (unpaired) electrons. The molecule has 14 atom stereocenters. The normalized spacial score (nSPS) is 34.2. The highest BCUT2D eigenvalue weighted by Crippen LogP contribution is 2.23. The number of aliphatic hydroxyl groups is 7. The lowest BCUT2D eigenvalue weighted by molar-refractivity contribution is -0.302. The van der Waals surface area contributed by atoms with Crippen molar-refractivity contribution in [3.8, 4) is 0 Å². The molecule has 2 heterocycles. The number of hydrogen-bond donors (Lipinski definition) is 14. The van der Waals surface area contributed by atoms with Gasteiger partial charge in [0.05, 0.1) is 31.0 Å². The van der Waals surface area contributed by atoms with E-state index >= 15 is 0 Å². The van der Waals surface area contributed by atoms with Crippen molar-refractivity contribution in [3.05, 3.63) is 0 Å². The van der Waals surface area contributed by atoms with E-state index < -0.39 is 98.5 Å². The van der Waals surface area contributed by atoms with Crippen LogP contribution in [-0.2, 0) is 23.7 Å². The molecule has 0 aliphatic carbocycles. The zero-order valence-corrected chi connectivity index (χ0v) is 23.5. The predicted octanol–water partition coefficient (Wildman–Crippen LogP) is -7.06. The Bertz CT molecular complexity index is 848. The lowest BCUT2D eigenvalue weighted by Crippen LogP contribution is -2.63. The van der Waals surface area contributed by atoms with E-state index in [-0.39, 0.29) is 31.9 Å². The summed E-state index contributed by atoms with van der Waals surface area (Å²) in [7, 11) is 0. The fraction of sp³-hybridized carbons (Fsp3) is 0.913. The van der Waals surface area contributed by atoms with Crippen LogP contribution >= 0.6 is 0 Å². The summed E-state index contributed by atoms with van der Waals surface area (Å²) in [5.74, 6) is -1.21. The largest absolute Gasteiger partial charge is 0.391 e. The minimum atomic E-state index is -1.49. The number of hydrogen-bond acceptors (Lipinski definition) is 16. The Labute approximate surface area is 242 Å². The van der Waals surface area contributed by atoms with E-state index in [1.54, 1.807) is 0 Å². The minimum Gasteiger partial charge on any atom is -0.391 e. The van der Waals surface area contributed by atoms with Crippen molar-refractivity contribution < 1.29 is 59.5 Å². The van der Waals surface area contributed by atoms with Crippen LogP contribution < -0.4 is 33.2 Å². The van der Waals surface area contributed by atoms with Gasteiger partial charge in [-0.15, -0.1) is 0 Å². The smallest absolute Gasteiger partial charge is 0.249 e. The molecule has 0 bridgehead atoms. The summed E-state index contributed by atoms with van der Waals surface area (Å²) < 4.78 is 22.1. The second kappa shape index (κ2) is 16.9. The summed E-state index contributed by atoms with van der Waals surface area (Å²) in [4.78, 5) is 12.5. The van der Waals surface area contributed by atoms with Gasteiger partial charge in [-0.1, -0.05) is 0 Å². The molecule has 19 nitrogen and oxygen atoms in total. The molecular formula is C23H47N7O12. The average molecular weight is 614 g/mol. The Morgan fingerprint density at radius 3 is 2.33 bits per heavy atom. The molecule has 17 N–H and O–H groups in total. The summed E-state index contributed by atoms with van der Waals surface area (Å²) in [6.45, 7) is 2.34. The van der Waals surface area contributed by atoms with Gasteiger partial charge in [-0.05, 0) is 33.2 Å². The Balaban J connectivity index is 2.04. The lowest BCUT2D eigenvalue weighted by Gasteiger charge is -2.40. The number of nitrogens with two attached hydrogens (primary N) is 3. The van der Waals surface area contributed by atoms with Crippen LogP contribution in [-0.4, -0.2) is 153 Å². The standard InChI is InChI=1S/C23H47N7O12/c1-8(31)17-19(37)30-20(38)22(42-17)40-9(2)10(25)5-11(29-18(36)12(32)3-4-24)13(33)7-39-21-16(35)15(34)14(41-21)6-28-23(26)27/h8-17,19-22,30-35,37-38H,3-7,24-25H2,1-2H3,(H,29,36)(H4,26,27,28)/t8-,9+,10?,11+,12?,13+,14?,15?,16?,17?,19-,20+,21?,22?/m1/s1. The third-order valence-corrected chi connectivity index (χ3v) is 6.93. The number of guanidine groups is 1. The second-order valence-electron chi connectivity index (χ2n) is 10.4. The van der Waals surface area contributed by atoms with Gasteiger partial charge in [-0.3, -0.25) is 15.5 Å². The van der Waals surface area contributed by atoms with Gasteiger partial charge < -0.3 is 82.5 Å². The number of carbonyl (C=O) groups is 1. The fourth-order valence-electron chi connectivity index (χ4n) is 4.35. The van der Waals surface area contributed by atoms with Crippen molar-refractivity contribution in [2.45, 2.75) is 113 Å². The lowest BCUT2D eigenvalue weighted by atomic mass is 9.98. The zero-order chi connectivity index (χ0) is 31.7. The van der Waals surface area contributed by atoms with E-state index in [2.05, 4.69) is 16.0 Å². The van der Waals surface area contributed by atoms with Crippen molar-refractivity contribution >= 4 is 11.9 Å². The van der Waals surface area contributed by atoms with Crippen molar-refractivity contribution in [1.29, 1.82) is 5.41 Å². The van der Waals surface area contributed by atoms with Crippen molar-refractivity contribution in [3.63, 3.8) is 0 Å². The van der Waals surface area contributed by atoms with E-state index in [0.717, 1.165) is 0 Å². The number of rotatable bonds is 16. The molecule has 2 rings (SSSR count). The Morgan fingerprint density at radius 1 is 1.07 bits per heavy atom.